The standard InChI is InChI=1S/C14H10F3NO2/c15-14(16,17)11-5-9(4-10(6-11)13(19)20)8-2-1-3-12(18)7-8/h1-7H,18H2,(H,19,20). The fourth-order valence-corrected chi connectivity index (χ4v) is 1.80. The Morgan fingerprint density at radius 1 is 1.05 bits per heavy atom. The molecule has 3 N–H and O–H groups in total. The zero-order valence-electron chi connectivity index (χ0n) is 10.1. The summed E-state index contributed by atoms with van der Waals surface area (Å²) in [7, 11) is 0. The van der Waals surface area contributed by atoms with Crippen molar-refractivity contribution in [2.24, 2.45) is 0 Å². The third-order valence-corrected chi connectivity index (χ3v) is 2.73. The van der Waals surface area contributed by atoms with Crippen molar-refractivity contribution in [2.45, 2.75) is 6.18 Å². The van der Waals surface area contributed by atoms with Crippen LogP contribution < -0.4 is 5.73 Å². The first kappa shape index (κ1) is 13.9. The number of nitrogen functional groups attached to an aromatic ring is 1. The van der Waals surface area contributed by atoms with Gasteiger partial charge in [0.2, 0.25) is 0 Å². The van der Waals surface area contributed by atoms with Gasteiger partial charge in [-0.15, -0.1) is 0 Å². The summed E-state index contributed by atoms with van der Waals surface area (Å²) in [4.78, 5) is 10.9. The average Bonchev–Trinajstić information content (AvgIpc) is 2.37. The van der Waals surface area contributed by atoms with Gasteiger partial charge in [0, 0.05) is 5.69 Å². The van der Waals surface area contributed by atoms with E-state index in [-0.39, 0.29) is 5.56 Å². The lowest BCUT2D eigenvalue weighted by molar-refractivity contribution is -0.137. The number of carboxylic acids is 1. The van der Waals surface area contributed by atoms with Gasteiger partial charge in [-0.25, -0.2) is 4.79 Å². The Morgan fingerprint density at radius 2 is 1.75 bits per heavy atom. The normalized spacial score (nSPS) is 11.3. The maximum Gasteiger partial charge on any atom is 0.416 e. The van der Waals surface area contributed by atoms with Crippen molar-refractivity contribution in [3.63, 3.8) is 0 Å². The summed E-state index contributed by atoms with van der Waals surface area (Å²) in [5, 5.41) is 8.91. The van der Waals surface area contributed by atoms with Crippen LogP contribution in [0.1, 0.15) is 15.9 Å². The number of carboxylic acid groups (broad SMARTS) is 1. The first-order valence-electron chi connectivity index (χ1n) is 5.59. The smallest absolute Gasteiger partial charge is 0.416 e. The lowest BCUT2D eigenvalue weighted by Crippen LogP contribution is -2.08. The highest BCUT2D eigenvalue weighted by Crippen LogP contribution is 2.33. The molecule has 2 aromatic rings. The Morgan fingerprint density at radius 3 is 2.30 bits per heavy atom. The van der Waals surface area contributed by atoms with Crippen molar-refractivity contribution in [1.29, 1.82) is 0 Å². The quantitative estimate of drug-likeness (QED) is 0.826. The van der Waals surface area contributed by atoms with E-state index in [1.165, 1.54) is 12.1 Å². The number of hydrogen-bond acceptors (Lipinski definition) is 2. The molecule has 0 radical (unpaired) electrons. The van der Waals surface area contributed by atoms with E-state index in [4.69, 9.17) is 10.8 Å². The first-order chi connectivity index (χ1) is 9.27. The number of hydrogen-bond donors (Lipinski definition) is 2. The fraction of sp³-hybridized carbons (Fsp3) is 0.0714. The molecule has 2 rings (SSSR count). The molecule has 0 unspecified atom stereocenters. The number of nitrogens with two attached hydrogens (primary N) is 1. The molecule has 2 aromatic carbocycles. The van der Waals surface area contributed by atoms with Crippen LogP contribution in [0.4, 0.5) is 18.9 Å². The lowest BCUT2D eigenvalue weighted by Gasteiger charge is -2.11. The van der Waals surface area contributed by atoms with E-state index < -0.39 is 23.3 Å². The third-order valence-electron chi connectivity index (χ3n) is 2.73. The van der Waals surface area contributed by atoms with E-state index in [0.717, 1.165) is 6.07 Å². The molecule has 0 spiro atoms. The number of aromatic carboxylic acids is 1. The summed E-state index contributed by atoms with van der Waals surface area (Å²) >= 11 is 0. The summed E-state index contributed by atoms with van der Waals surface area (Å²) in [6.07, 6.45) is -4.61. The molecule has 0 aliphatic heterocycles. The number of rotatable bonds is 2. The van der Waals surface area contributed by atoms with Gasteiger partial charge in [0.15, 0.2) is 0 Å². The molecule has 3 nitrogen and oxygen atoms in total. The maximum absolute atomic E-state index is 12.8. The van der Waals surface area contributed by atoms with Crippen LogP contribution in [-0.2, 0) is 6.18 Å². The fourth-order valence-electron chi connectivity index (χ4n) is 1.80. The number of alkyl halides is 3. The highest BCUT2D eigenvalue weighted by atomic mass is 19.4. The van der Waals surface area contributed by atoms with Gasteiger partial charge < -0.3 is 10.8 Å². The van der Waals surface area contributed by atoms with Crippen molar-refractivity contribution in [1.82, 2.24) is 0 Å². The van der Waals surface area contributed by atoms with E-state index in [1.807, 2.05) is 0 Å². The Bertz CT molecular complexity index is 666. The second-order valence-corrected chi connectivity index (χ2v) is 4.23. The molecule has 6 heteroatoms. The van der Waals surface area contributed by atoms with Gasteiger partial charge >= 0.3 is 12.1 Å². The van der Waals surface area contributed by atoms with Gasteiger partial charge in [0.05, 0.1) is 11.1 Å². The van der Waals surface area contributed by atoms with Crippen molar-refractivity contribution < 1.29 is 23.1 Å². The molecule has 0 atom stereocenters. The Labute approximate surface area is 112 Å². The van der Waals surface area contributed by atoms with E-state index in [1.54, 1.807) is 18.2 Å². The summed E-state index contributed by atoms with van der Waals surface area (Å²) in [5.74, 6) is -1.42. The second kappa shape index (κ2) is 4.88. The van der Waals surface area contributed by atoms with Gasteiger partial charge in [-0.05, 0) is 41.5 Å². The predicted molar refractivity (Wildman–Crippen MR) is 68.3 cm³/mol. The first-order valence-corrected chi connectivity index (χ1v) is 5.59. The lowest BCUT2D eigenvalue weighted by atomic mass is 9.99. The van der Waals surface area contributed by atoms with Crippen molar-refractivity contribution >= 4 is 11.7 Å². The monoisotopic (exact) mass is 281 g/mol. The van der Waals surface area contributed by atoms with Crippen LogP contribution in [-0.4, -0.2) is 11.1 Å². The molecule has 0 saturated heterocycles. The van der Waals surface area contributed by atoms with E-state index in [9.17, 15) is 18.0 Å². The Balaban J connectivity index is 2.64. The molecule has 0 aliphatic rings. The largest absolute Gasteiger partial charge is 0.478 e. The highest BCUT2D eigenvalue weighted by Gasteiger charge is 2.31. The Kier molecular flexibility index (Phi) is 3.40. The summed E-state index contributed by atoms with van der Waals surface area (Å²) in [6, 6.07) is 8.94. The number of benzene rings is 2. The topological polar surface area (TPSA) is 63.3 Å². The van der Waals surface area contributed by atoms with Gasteiger partial charge in [-0.3, -0.25) is 0 Å². The van der Waals surface area contributed by atoms with Crippen molar-refractivity contribution in [3.05, 3.63) is 53.6 Å². The number of carbonyl (C=O) groups is 1. The van der Waals surface area contributed by atoms with Crippen LogP contribution in [0.15, 0.2) is 42.5 Å². The van der Waals surface area contributed by atoms with Crippen LogP contribution >= 0.6 is 0 Å². The van der Waals surface area contributed by atoms with Crippen LogP contribution in [0, 0.1) is 0 Å². The Hall–Kier alpha value is -2.50. The summed E-state index contributed by atoms with van der Waals surface area (Å²) < 4.78 is 38.4. The molecule has 0 aliphatic carbocycles. The molecular weight excluding hydrogens is 271 g/mol. The molecule has 0 bridgehead atoms. The molecule has 20 heavy (non-hydrogen) atoms. The second-order valence-electron chi connectivity index (χ2n) is 4.23. The highest BCUT2D eigenvalue weighted by molar-refractivity contribution is 5.90. The maximum atomic E-state index is 12.8. The molecule has 0 fully saturated rings. The van der Waals surface area contributed by atoms with Crippen molar-refractivity contribution in [2.75, 3.05) is 5.73 Å². The molecule has 0 aromatic heterocycles. The van der Waals surface area contributed by atoms with E-state index in [2.05, 4.69) is 0 Å². The van der Waals surface area contributed by atoms with Crippen LogP contribution in [0.2, 0.25) is 0 Å². The number of halogens is 3. The summed E-state index contributed by atoms with van der Waals surface area (Å²) in [5.41, 5.74) is 5.13. The van der Waals surface area contributed by atoms with Crippen LogP contribution in [0.25, 0.3) is 11.1 Å². The van der Waals surface area contributed by atoms with Gasteiger partial charge in [0.1, 0.15) is 0 Å². The zero-order valence-corrected chi connectivity index (χ0v) is 10.1. The third kappa shape index (κ3) is 2.90. The summed E-state index contributed by atoms with van der Waals surface area (Å²) in [6.45, 7) is 0. The van der Waals surface area contributed by atoms with Crippen LogP contribution in [0.3, 0.4) is 0 Å². The minimum atomic E-state index is -4.61. The zero-order chi connectivity index (χ0) is 14.9. The van der Waals surface area contributed by atoms with E-state index in [0.29, 0.717) is 17.3 Å². The van der Waals surface area contributed by atoms with Crippen LogP contribution in [0.5, 0.6) is 0 Å². The minimum absolute atomic E-state index is 0.157. The van der Waals surface area contributed by atoms with E-state index >= 15 is 0 Å². The molecule has 0 saturated carbocycles. The molecule has 0 heterocycles. The minimum Gasteiger partial charge on any atom is -0.478 e. The average molecular weight is 281 g/mol. The number of anilines is 1. The van der Waals surface area contributed by atoms with Crippen molar-refractivity contribution in [3.8, 4) is 11.1 Å². The van der Waals surface area contributed by atoms with Gasteiger partial charge in [0.25, 0.3) is 0 Å². The van der Waals surface area contributed by atoms with Gasteiger partial charge in [-0.1, -0.05) is 12.1 Å². The molecule has 0 amide bonds. The molecule has 104 valence electrons. The molecular formula is C14H10F3NO2. The van der Waals surface area contributed by atoms with Gasteiger partial charge in [-0.2, -0.15) is 13.2 Å². The predicted octanol–water partition coefficient (Wildman–Crippen LogP) is 3.65. The SMILES string of the molecule is Nc1cccc(-c2cc(C(=O)O)cc(C(F)(F)F)c2)c1.